The van der Waals surface area contributed by atoms with E-state index in [0.717, 1.165) is 18.2 Å². The van der Waals surface area contributed by atoms with Crippen LogP contribution in [0, 0.1) is 0 Å². The number of hydrogen-bond donors (Lipinski definition) is 2. The molecule has 0 radical (unpaired) electrons. The molecule has 1 aromatic carbocycles. The van der Waals surface area contributed by atoms with Crippen LogP contribution < -0.4 is 10.6 Å². The second-order valence-electron chi connectivity index (χ2n) is 6.65. The molecule has 1 heterocycles. The zero-order valence-corrected chi connectivity index (χ0v) is 15.2. The Kier molecular flexibility index (Phi) is 5.67. The van der Waals surface area contributed by atoms with Crippen molar-refractivity contribution in [2.75, 3.05) is 11.9 Å². The molecule has 1 unspecified atom stereocenters. The summed E-state index contributed by atoms with van der Waals surface area (Å²) in [6.45, 7) is 3.43. The molecule has 1 aromatic rings. The van der Waals surface area contributed by atoms with Crippen molar-refractivity contribution in [2.24, 2.45) is 0 Å². The number of nitrogens with one attached hydrogen (secondary N) is 2. The molecule has 11 heteroatoms. The second kappa shape index (κ2) is 7.49. The average Bonchev–Trinajstić information content (AvgIpc) is 2.76. The van der Waals surface area contributed by atoms with Gasteiger partial charge in [0.15, 0.2) is 6.10 Å². The van der Waals surface area contributed by atoms with Gasteiger partial charge in [0.05, 0.1) is 5.56 Å². The molecule has 0 aromatic heterocycles. The lowest BCUT2D eigenvalue weighted by molar-refractivity contribution is -0.155. The predicted molar refractivity (Wildman–Crippen MR) is 90.0 cm³/mol. The molecule has 1 aliphatic rings. The van der Waals surface area contributed by atoms with Gasteiger partial charge in [-0.1, -0.05) is 6.07 Å². The first-order chi connectivity index (χ1) is 12.8. The van der Waals surface area contributed by atoms with Crippen LogP contribution in [0.15, 0.2) is 24.3 Å². The first-order valence-electron chi connectivity index (χ1n) is 8.13. The summed E-state index contributed by atoms with van der Waals surface area (Å²) in [5.41, 5.74) is -2.24. The van der Waals surface area contributed by atoms with Crippen molar-refractivity contribution in [3.8, 4) is 0 Å². The van der Waals surface area contributed by atoms with Gasteiger partial charge < -0.3 is 15.4 Å². The normalized spacial score (nSPS) is 17.1. The smallest absolute Gasteiger partial charge is 0.416 e. The minimum atomic E-state index is -4.57. The van der Waals surface area contributed by atoms with E-state index in [1.165, 1.54) is 26.8 Å². The number of nitrogens with zero attached hydrogens (tertiary/aromatic N) is 1. The molecule has 2 N–H and O–H groups in total. The summed E-state index contributed by atoms with van der Waals surface area (Å²) >= 11 is 0. The van der Waals surface area contributed by atoms with Crippen molar-refractivity contribution in [3.63, 3.8) is 0 Å². The standard InChI is InChI=1S/C17H18F3N3O5/c1-9(13(25)21-11-6-4-5-10(7-11)17(18,19)20)28-12(24)8-23-14(26)16(2,3)22-15(23)27/h4-7,9H,8H2,1-3H3,(H,21,25)(H,22,27). The molecule has 28 heavy (non-hydrogen) atoms. The molecule has 0 aliphatic carbocycles. The quantitative estimate of drug-likeness (QED) is 0.579. The number of hydrogen-bond acceptors (Lipinski definition) is 5. The first-order valence-corrected chi connectivity index (χ1v) is 8.13. The number of urea groups is 1. The van der Waals surface area contributed by atoms with E-state index in [-0.39, 0.29) is 5.69 Å². The van der Waals surface area contributed by atoms with Crippen molar-refractivity contribution >= 4 is 29.5 Å². The Balaban J connectivity index is 1.95. The van der Waals surface area contributed by atoms with E-state index < -0.39 is 53.7 Å². The Morgan fingerprint density at radius 1 is 1.29 bits per heavy atom. The zero-order valence-electron chi connectivity index (χ0n) is 15.2. The van der Waals surface area contributed by atoms with Gasteiger partial charge in [0, 0.05) is 5.69 Å². The molecule has 1 atom stereocenters. The minimum Gasteiger partial charge on any atom is -0.451 e. The van der Waals surface area contributed by atoms with Gasteiger partial charge >= 0.3 is 18.2 Å². The highest BCUT2D eigenvalue weighted by Crippen LogP contribution is 2.30. The highest BCUT2D eigenvalue weighted by atomic mass is 19.4. The molecule has 1 aliphatic heterocycles. The minimum absolute atomic E-state index is 0.126. The highest BCUT2D eigenvalue weighted by Gasteiger charge is 2.45. The average molecular weight is 401 g/mol. The number of esters is 1. The fourth-order valence-corrected chi connectivity index (χ4v) is 2.40. The summed E-state index contributed by atoms with van der Waals surface area (Å²) in [5.74, 6) is -2.52. The van der Waals surface area contributed by atoms with E-state index in [1.54, 1.807) is 0 Å². The maximum Gasteiger partial charge on any atom is 0.416 e. The largest absolute Gasteiger partial charge is 0.451 e. The summed E-state index contributed by atoms with van der Waals surface area (Å²) in [6.07, 6.45) is -5.94. The molecule has 2 rings (SSSR count). The number of imide groups is 1. The molecular formula is C17H18F3N3O5. The van der Waals surface area contributed by atoms with Crippen LogP contribution in [0.5, 0.6) is 0 Å². The van der Waals surface area contributed by atoms with Crippen LogP contribution in [0.25, 0.3) is 0 Å². The third kappa shape index (κ3) is 4.78. The monoisotopic (exact) mass is 401 g/mol. The van der Waals surface area contributed by atoms with Gasteiger partial charge in [-0.3, -0.25) is 19.3 Å². The van der Waals surface area contributed by atoms with Crippen LogP contribution >= 0.6 is 0 Å². The van der Waals surface area contributed by atoms with E-state index >= 15 is 0 Å². The van der Waals surface area contributed by atoms with E-state index in [1.807, 2.05) is 0 Å². The summed E-state index contributed by atoms with van der Waals surface area (Å²) in [4.78, 5) is 48.4. The zero-order chi connectivity index (χ0) is 21.3. The van der Waals surface area contributed by atoms with E-state index in [4.69, 9.17) is 4.74 Å². The molecular weight excluding hydrogens is 383 g/mol. The molecule has 4 amide bonds. The molecule has 0 spiro atoms. The van der Waals surface area contributed by atoms with Gasteiger partial charge in [0.1, 0.15) is 12.1 Å². The summed E-state index contributed by atoms with van der Waals surface area (Å²) < 4.78 is 43.0. The number of alkyl halides is 3. The third-order valence-electron chi connectivity index (χ3n) is 3.87. The highest BCUT2D eigenvalue weighted by molar-refractivity contribution is 6.08. The summed E-state index contributed by atoms with van der Waals surface area (Å²) in [7, 11) is 0. The van der Waals surface area contributed by atoms with Crippen LogP contribution in [-0.4, -0.2) is 46.9 Å². The Hall–Kier alpha value is -3.11. The molecule has 152 valence electrons. The number of halogens is 3. The third-order valence-corrected chi connectivity index (χ3v) is 3.87. The van der Waals surface area contributed by atoms with Gasteiger partial charge in [-0.2, -0.15) is 13.2 Å². The van der Waals surface area contributed by atoms with Gasteiger partial charge in [0.2, 0.25) is 0 Å². The van der Waals surface area contributed by atoms with Crippen molar-refractivity contribution < 1.29 is 37.1 Å². The number of rotatable bonds is 5. The maximum absolute atomic E-state index is 12.7. The number of carbonyl (C=O) groups is 4. The summed E-state index contributed by atoms with van der Waals surface area (Å²) in [6, 6.07) is 3.18. The second-order valence-corrected chi connectivity index (χ2v) is 6.65. The van der Waals surface area contributed by atoms with E-state index in [2.05, 4.69) is 10.6 Å². The van der Waals surface area contributed by atoms with Crippen LogP contribution in [-0.2, 0) is 25.3 Å². The Morgan fingerprint density at radius 2 is 1.93 bits per heavy atom. The number of carbonyl (C=O) groups excluding carboxylic acids is 4. The summed E-state index contributed by atoms with van der Waals surface area (Å²) in [5, 5.41) is 4.59. The van der Waals surface area contributed by atoms with E-state index in [9.17, 15) is 32.3 Å². The van der Waals surface area contributed by atoms with Crippen LogP contribution in [0.3, 0.4) is 0 Å². The Bertz CT molecular complexity index is 823. The fraction of sp³-hybridized carbons (Fsp3) is 0.412. The van der Waals surface area contributed by atoms with Crippen LogP contribution in [0.1, 0.15) is 26.3 Å². The number of anilines is 1. The van der Waals surface area contributed by atoms with Crippen molar-refractivity contribution in [3.05, 3.63) is 29.8 Å². The Morgan fingerprint density at radius 3 is 2.46 bits per heavy atom. The van der Waals surface area contributed by atoms with Crippen molar-refractivity contribution in [1.29, 1.82) is 0 Å². The Labute approximate surface area is 158 Å². The molecule has 0 bridgehead atoms. The lowest BCUT2D eigenvalue weighted by Gasteiger charge is -2.17. The van der Waals surface area contributed by atoms with Crippen molar-refractivity contribution in [2.45, 2.75) is 38.6 Å². The van der Waals surface area contributed by atoms with Crippen LogP contribution in [0.4, 0.5) is 23.7 Å². The number of benzene rings is 1. The number of ether oxygens (including phenoxy) is 1. The van der Waals surface area contributed by atoms with Gasteiger partial charge in [-0.15, -0.1) is 0 Å². The predicted octanol–water partition coefficient (Wildman–Crippen LogP) is 1.91. The molecule has 8 nitrogen and oxygen atoms in total. The van der Waals surface area contributed by atoms with Gasteiger partial charge in [-0.05, 0) is 39.0 Å². The van der Waals surface area contributed by atoms with Gasteiger partial charge in [-0.25, -0.2) is 4.79 Å². The lowest BCUT2D eigenvalue weighted by atomic mass is 10.1. The topological polar surface area (TPSA) is 105 Å². The van der Waals surface area contributed by atoms with Crippen molar-refractivity contribution in [1.82, 2.24) is 10.2 Å². The van der Waals surface area contributed by atoms with E-state index in [0.29, 0.717) is 4.90 Å². The fourth-order valence-electron chi connectivity index (χ4n) is 2.40. The molecule has 0 saturated carbocycles. The molecule has 1 saturated heterocycles. The lowest BCUT2D eigenvalue weighted by Crippen LogP contribution is -2.42. The molecule has 1 fully saturated rings. The SMILES string of the molecule is CC(OC(=O)CN1C(=O)NC(C)(C)C1=O)C(=O)Nc1cccc(C(F)(F)F)c1. The maximum atomic E-state index is 12.7. The number of amides is 4. The first kappa shape index (κ1) is 21.2. The van der Waals surface area contributed by atoms with Crippen LogP contribution in [0.2, 0.25) is 0 Å². The van der Waals surface area contributed by atoms with Gasteiger partial charge in [0.25, 0.3) is 11.8 Å².